The Morgan fingerprint density at radius 1 is 1.35 bits per heavy atom. The van der Waals surface area contributed by atoms with E-state index in [1.807, 2.05) is 0 Å². The summed E-state index contributed by atoms with van der Waals surface area (Å²) in [5.41, 5.74) is 2.14. The first-order chi connectivity index (χ1) is 12.0. The van der Waals surface area contributed by atoms with Gasteiger partial charge in [0.1, 0.15) is 35.0 Å². The van der Waals surface area contributed by atoms with E-state index in [1.54, 1.807) is 0 Å². The number of nitrogens with zero attached hydrogens (tertiary/aromatic N) is 3. The number of halogens is 4. The molecule has 0 aliphatic carbocycles. The van der Waals surface area contributed by atoms with Gasteiger partial charge in [0.15, 0.2) is 0 Å². The number of alkyl halides is 3. The van der Waals surface area contributed by atoms with Crippen LogP contribution in [0.4, 0.5) is 30.5 Å². The number of aromatic nitrogens is 3. The number of rotatable bonds is 3. The fourth-order valence-corrected chi connectivity index (χ4v) is 3.09. The molecule has 0 saturated carbocycles. The van der Waals surface area contributed by atoms with E-state index in [0.717, 1.165) is 19.3 Å². The zero-order valence-electron chi connectivity index (χ0n) is 13.2. The van der Waals surface area contributed by atoms with Crippen LogP contribution in [-0.2, 0) is 5.66 Å². The van der Waals surface area contributed by atoms with Crippen molar-refractivity contribution in [3.63, 3.8) is 0 Å². The van der Waals surface area contributed by atoms with Crippen LogP contribution in [0.15, 0.2) is 23.3 Å². The van der Waals surface area contributed by atoms with Gasteiger partial charge >= 0.3 is 6.18 Å². The molecule has 1 amide bonds. The van der Waals surface area contributed by atoms with Crippen molar-refractivity contribution < 1.29 is 18.0 Å². The van der Waals surface area contributed by atoms with E-state index in [9.17, 15) is 22.8 Å². The van der Waals surface area contributed by atoms with Gasteiger partial charge in [-0.3, -0.25) is 14.2 Å². The van der Waals surface area contributed by atoms with Crippen molar-refractivity contribution in [3.8, 4) is 0 Å². The summed E-state index contributed by atoms with van der Waals surface area (Å²) in [5, 5.41) is 4.63. The second kappa shape index (κ2) is 5.87. The van der Waals surface area contributed by atoms with Crippen LogP contribution >= 0.6 is 11.6 Å². The highest BCUT2D eigenvalue weighted by molar-refractivity contribution is 6.34. The number of pyridine rings is 1. The molecule has 1 aliphatic heterocycles. The molecule has 2 aromatic rings. The third kappa shape index (κ3) is 3.17. The average Bonchev–Trinajstić information content (AvgIpc) is 2.73. The molecule has 2 aromatic heterocycles. The Balaban J connectivity index is 2.13. The summed E-state index contributed by atoms with van der Waals surface area (Å²) in [6.07, 6.45) is -4.93. The van der Waals surface area contributed by atoms with Crippen LogP contribution in [0.5, 0.6) is 0 Å². The fraction of sp³-hybridized carbons (Fsp3) is 0.286. The molecule has 0 spiro atoms. The van der Waals surface area contributed by atoms with E-state index in [2.05, 4.69) is 20.6 Å². The number of anilines is 3. The molecule has 26 heavy (non-hydrogen) atoms. The lowest BCUT2D eigenvalue weighted by atomic mass is 10.1. The van der Waals surface area contributed by atoms with E-state index < -0.39 is 29.7 Å². The van der Waals surface area contributed by atoms with Crippen molar-refractivity contribution in [1.82, 2.24) is 19.9 Å². The average molecular weight is 389 g/mol. The van der Waals surface area contributed by atoms with Gasteiger partial charge < -0.3 is 16.4 Å². The van der Waals surface area contributed by atoms with E-state index in [-0.39, 0.29) is 28.0 Å². The summed E-state index contributed by atoms with van der Waals surface area (Å²) in [6.45, 7) is 1.10. The van der Waals surface area contributed by atoms with Gasteiger partial charge in [-0.25, -0.2) is 9.97 Å². The van der Waals surface area contributed by atoms with Crippen molar-refractivity contribution in [2.24, 2.45) is 0 Å². The van der Waals surface area contributed by atoms with Gasteiger partial charge in [-0.1, -0.05) is 11.6 Å². The lowest BCUT2D eigenvalue weighted by Crippen LogP contribution is -2.47. The summed E-state index contributed by atoms with van der Waals surface area (Å²) in [5.74, 6) is -0.605. The minimum atomic E-state index is -4.62. The lowest BCUT2D eigenvalue weighted by Gasteiger charge is -2.28. The van der Waals surface area contributed by atoms with E-state index in [0.29, 0.717) is 4.57 Å². The zero-order chi connectivity index (χ0) is 19.3. The van der Waals surface area contributed by atoms with E-state index in [1.165, 1.54) is 6.07 Å². The Morgan fingerprint density at radius 2 is 2.04 bits per heavy atom. The van der Waals surface area contributed by atoms with Crippen LogP contribution in [0.3, 0.4) is 0 Å². The largest absolute Gasteiger partial charge is 0.393 e. The van der Waals surface area contributed by atoms with Gasteiger partial charge in [0.05, 0.1) is 11.4 Å². The predicted octanol–water partition coefficient (Wildman–Crippen LogP) is 1.99. The number of nitrogen functional groups attached to an aromatic ring is 1. The van der Waals surface area contributed by atoms with Crippen LogP contribution in [0.1, 0.15) is 23.8 Å². The minimum absolute atomic E-state index is 0.119. The highest BCUT2D eigenvalue weighted by Gasteiger charge is 2.48. The molecule has 1 aliphatic rings. The minimum Gasteiger partial charge on any atom is -0.384 e. The second-order valence-electron chi connectivity index (χ2n) is 5.87. The van der Waals surface area contributed by atoms with Crippen LogP contribution < -0.4 is 21.9 Å². The summed E-state index contributed by atoms with van der Waals surface area (Å²) in [7, 11) is 0. The maximum atomic E-state index is 13.0. The topological polar surface area (TPSA) is 115 Å². The summed E-state index contributed by atoms with van der Waals surface area (Å²) in [4.78, 5) is 32.4. The third-order valence-electron chi connectivity index (χ3n) is 3.74. The van der Waals surface area contributed by atoms with E-state index >= 15 is 0 Å². The summed E-state index contributed by atoms with van der Waals surface area (Å²) in [6, 6.07) is 2.47. The molecule has 0 bridgehead atoms. The highest BCUT2D eigenvalue weighted by atomic mass is 35.5. The molecule has 1 unspecified atom stereocenters. The van der Waals surface area contributed by atoms with Crippen LogP contribution in [0.2, 0.25) is 5.02 Å². The normalized spacial score (nSPS) is 19.2. The van der Waals surface area contributed by atoms with Crippen LogP contribution in [0.25, 0.3) is 0 Å². The number of hydrogen-bond donors (Lipinski definition) is 3. The van der Waals surface area contributed by atoms with Gasteiger partial charge in [0, 0.05) is 6.07 Å². The molecule has 0 aromatic carbocycles. The Labute approximate surface area is 149 Å². The molecular weight excluding hydrogens is 377 g/mol. The molecule has 8 nitrogen and oxygen atoms in total. The number of amides is 1. The van der Waals surface area contributed by atoms with Gasteiger partial charge in [0.25, 0.3) is 11.5 Å². The molecule has 0 radical (unpaired) electrons. The molecule has 1 atom stereocenters. The van der Waals surface area contributed by atoms with Crippen molar-refractivity contribution in [3.05, 3.63) is 39.5 Å². The number of nitrogens with one attached hydrogen (secondary N) is 2. The maximum Gasteiger partial charge on any atom is 0.393 e. The van der Waals surface area contributed by atoms with Gasteiger partial charge in [-0.2, -0.15) is 13.2 Å². The number of fused-ring (bicyclic) bond motifs is 1. The monoisotopic (exact) mass is 388 g/mol. The first-order valence-electron chi connectivity index (χ1n) is 7.20. The predicted molar refractivity (Wildman–Crippen MR) is 87.2 cm³/mol. The number of carbonyl (C=O) groups excluding carboxylic acids is 1. The number of nitrogens with two attached hydrogens (primary N) is 1. The van der Waals surface area contributed by atoms with Crippen molar-refractivity contribution in [2.45, 2.75) is 25.2 Å². The molecule has 3 heterocycles. The van der Waals surface area contributed by atoms with Crippen LogP contribution in [0, 0.1) is 0 Å². The van der Waals surface area contributed by atoms with Gasteiger partial charge in [0.2, 0.25) is 0 Å². The molecule has 0 saturated heterocycles. The first-order valence-corrected chi connectivity index (χ1v) is 7.58. The van der Waals surface area contributed by atoms with Gasteiger partial charge in [-0.05, 0) is 13.0 Å². The zero-order valence-corrected chi connectivity index (χ0v) is 13.9. The van der Waals surface area contributed by atoms with Crippen LogP contribution in [-0.4, -0.2) is 26.6 Å². The summed E-state index contributed by atoms with van der Waals surface area (Å²) >= 11 is 6.04. The molecule has 4 N–H and O–H groups in total. The molecular formula is C14H12ClF3N6O2. The molecule has 0 fully saturated rings. The lowest BCUT2D eigenvalue weighted by molar-refractivity contribution is -0.155. The second-order valence-corrected chi connectivity index (χ2v) is 6.28. The van der Waals surface area contributed by atoms with Gasteiger partial charge in [-0.15, -0.1) is 0 Å². The fourth-order valence-electron chi connectivity index (χ4n) is 2.81. The van der Waals surface area contributed by atoms with E-state index in [4.69, 9.17) is 17.3 Å². The van der Waals surface area contributed by atoms with Crippen molar-refractivity contribution in [2.75, 3.05) is 11.1 Å². The van der Waals surface area contributed by atoms with Crippen molar-refractivity contribution in [1.29, 1.82) is 0 Å². The quantitative estimate of drug-likeness (QED) is 0.740. The van der Waals surface area contributed by atoms with Crippen molar-refractivity contribution >= 4 is 34.8 Å². The Morgan fingerprint density at radius 3 is 2.65 bits per heavy atom. The molecule has 3 rings (SSSR count). The standard InChI is InChI=1S/C14H12ClF3N6O2/c1-13(4-14(16,17)18)23-11(25)10-6(15)2-7(12(26)24(10)13)22-9-3-8(19)20-5-21-9/h2-3,5H,4H2,1H3,(H,23,25)(H3,19,20,21,22). The third-order valence-corrected chi connectivity index (χ3v) is 4.03. The highest BCUT2D eigenvalue weighted by Crippen LogP contribution is 2.36. The Kier molecular flexibility index (Phi) is 4.06. The Hall–Kier alpha value is -2.82. The smallest absolute Gasteiger partial charge is 0.384 e. The Bertz CT molecular complexity index is 961. The number of carbonyl (C=O) groups is 1. The molecule has 12 heteroatoms. The number of hydrogen-bond acceptors (Lipinski definition) is 6. The maximum absolute atomic E-state index is 13.0. The first kappa shape index (κ1) is 18.0. The molecule has 138 valence electrons. The summed E-state index contributed by atoms with van der Waals surface area (Å²) < 4.78 is 39.6. The SMILES string of the molecule is CC1(CC(F)(F)F)NC(=O)c2c(Cl)cc(Nc3cc(N)ncn3)c(=O)n21.